The standard InChI is InChI=1S/C23H16ClN3O2S/c1-14-2-4-15(5-3-14)19-10-11-25-13-16(19)12-20-21(28)26-23(30)27(22(20)29)18-8-6-17(24)7-9-18/h2-13H,1H3,(H,26,28,30)/b20-12-. The number of hydrogen-bond acceptors (Lipinski definition) is 4. The first-order valence-electron chi connectivity index (χ1n) is 9.12. The number of nitrogens with one attached hydrogen (secondary N) is 1. The van der Waals surface area contributed by atoms with Crippen LogP contribution in [0.3, 0.4) is 0 Å². The molecule has 1 N–H and O–H groups in total. The minimum absolute atomic E-state index is 0.0226. The Bertz CT molecular complexity index is 1190. The first kappa shape index (κ1) is 19.9. The Labute approximate surface area is 184 Å². The van der Waals surface area contributed by atoms with Crippen molar-refractivity contribution >= 4 is 52.5 Å². The maximum absolute atomic E-state index is 13.2. The van der Waals surface area contributed by atoms with Crippen LogP contribution in [0.2, 0.25) is 5.02 Å². The van der Waals surface area contributed by atoms with Gasteiger partial charge in [-0.2, -0.15) is 0 Å². The molecule has 2 aromatic carbocycles. The van der Waals surface area contributed by atoms with E-state index in [1.54, 1.807) is 42.7 Å². The van der Waals surface area contributed by atoms with Gasteiger partial charge in [-0.05, 0) is 66.7 Å². The molecule has 4 rings (SSSR count). The summed E-state index contributed by atoms with van der Waals surface area (Å²) in [6.45, 7) is 2.01. The molecule has 2 amide bonds. The molecule has 0 aliphatic carbocycles. The Morgan fingerprint density at radius 1 is 1.03 bits per heavy atom. The molecule has 0 unspecified atom stereocenters. The largest absolute Gasteiger partial charge is 0.298 e. The van der Waals surface area contributed by atoms with Crippen molar-refractivity contribution in [3.05, 3.63) is 88.7 Å². The summed E-state index contributed by atoms with van der Waals surface area (Å²) < 4.78 is 0. The topological polar surface area (TPSA) is 62.3 Å². The van der Waals surface area contributed by atoms with Crippen molar-refractivity contribution in [2.45, 2.75) is 6.92 Å². The number of nitrogens with zero attached hydrogens (tertiary/aromatic N) is 2. The molecule has 3 aromatic rings. The van der Waals surface area contributed by atoms with Crippen molar-refractivity contribution in [1.82, 2.24) is 10.3 Å². The lowest BCUT2D eigenvalue weighted by Gasteiger charge is -2.29. The molecule has 2 heterocycles. The first-order chi connectivity index (χ1) is 14.4. The average molecular weight is 434 g/mol. The van der Waals surface area contributed by atoms with Crippen LogP contribution in [-0.4, -0.2) is 21.9 Å². The molecule has 0 saturated carbocycles. The van der Waals surface area contributed by atoms with Crippen molar-refractivity contribution in [3.63, 3.8) is 0 Å². The number of rotatable bonds is 3. The Hall–Kier alpha value is -3.35. The molecule has 1 saturated heterocycles. The summed E-state index contributed by atoms with van der Waals surface area (Å²) in [7, 11) is 0. The van der Waals surface area contributed by atoms with Gasteiger partial charge in [-0.3, -0.25) is 24.8 Å². The lowest BCUT2D eigenvalue weighted by molar-refractivity contribution is -0.122. The van der Waals surface area contributed by atoms with Crippen molar-refractivity contribution in [2.75, 3.05) is 4.90 Å². The number of anilines is 1. The second-order valence-electron chi connectivity index (χ2n) is 6.76. The summed E-state index contributed by atoms with van der Waals surface area (Å²) in [5, 5.41) is 3.14. The fraction of sp³-hybridized carbons (Fsp3) is 0.0435. The second-order valence-corrected chi connectivity index (χ2v) is 7.59. The van der Waals surface area contributed by atoms with Crippen LogP contribution in [0, 0.1) is 6.92 Å². The minimum atomic E-state index is -0.547. The first-order valence-corrected chi connectivity index (χ1v) is 9.91. The second kappa shape index (κ2) is 8.18. The molecular weight excluding hydrogens is 418 g/mol. The van der Waals surface area contributed by atoms with Gasteiger partial charge in [0.2, 0.25) is 0 Å². The zero-order valence-corrected chi connectivity index (χ0v) is 17.5. The molecular formula is C23H16ClN3O2S. The van der Waals surface area contributed by atoms with E-state index in [0.717, 1.165) is 16.7 Å². The number of thiocarbonyl (C=S) groups is 1. The Balaban J connectivity index is 1.77. The quantitative estimate of drug-likeness (QED) is 0.374. The third-order valence-corrected chi connectivity index (χ3v) is 5.24. The number of aromatic nitrogens is 1. The number of carbonyl (C=O) groups is 2. The molecule has 0 spiro atoms. The van der Waals surface area contributed by atoms with Gasteiger partial charge in [-0.1, -0.05) is 41.4 Å². The van der Waals surface area contributed by atoms with Gasteiger partial charge < -0.3 is 0 Å². The maximum atomic E-state index is 13.2. The molecule has 1 aliphatic heterocycles. The fourth-order valence-electron chi connectivity index (χ4n) is 3.16. The predicted molar refractivity (Wildman–Crippen MR) is 122 cm³/mol. The number of halogens is 1. The Morgan fingerprint density at radius 2 is 1.73 bits per heavy atom. The Morgan fingerprint density at radius 3 is 2.43 bits per heavy atom. The minimum Gasteiger partial charge on any atom is -0.298 e. The maximum Gasteiger partial charge on any atom is 0.270 e. The van der Waals surface area contributed by atoms with Crippen molar-refractivity contribution in [1.29, 1.82) is 0 Å². The van der Waals surface area contributed by atoms with Crippen LogP contribution in [0.15, 0.2) is 72.6 Å². The molecule has 0 radical (unpaired) electrons. The van der Waals surface area contributed by atoms with Crippen LogP contribution in [0.5, 0.6) is 0 Å². The third kappa shape index (κ3) is 3.87. The number of benzene rings is 2. The number of aryl methyl sites for hydroxylation is 1. The van der Waals surface area contributed by atoms with Crippen LogP contribution in [0.25, 0.3) is 17.2 Å². The van der Waals surface area contributed by atoms with Crippen LogP contribution in [0.1, 0.15) is 11.1 Å². The zero-order chi connectivity index (χ0) is 21.3. The summed E-state index contributed by atoms with van der Waals surface area (Å²) in [6, 6.07) is 16.5. The van der Waals surface area contributed by atoms with Crippen LogP contribution in [-0.2, 0) is 9.59 Å². The summed E-state index contributed by atoms with van der Waals surface area (Å²) in [6.07, 6.45) is 4.85. The van der Waals surface area contributed by atoms with Crippen molar-refractivity contribution in [2.24, 2.45) is 0 Å². The number of pyridine rings is 1. The average Bonchev–Trinajstić information content (AvgIpc) is 2.73. The molecule has 1 aromatic heterocycles. The number of amides is 2. The van der Waals surface area contributed by atoms with Crippen LogP contribution < -0.4 is 10.2 Å². The van der Waals surface area contributed by atoms with Crippen LogP contribution in [0.4, 0.5) is 5.69 Å². The predicted octanol–water partition coefficient (Wildman–Crippen LogP) is 4.54. The molecule has 1 fully saturated rings. The normalized spacial score (nSPS) is 15.5. The van der Waals surface area contributed by atoms with Gasteiger partial charge >= 0.3 is 0 Å². The van der Waals surface area contributed by atoms with E-state index in [2.05, 4.69) is 10.3 Å². The van der Waals surface area contributed by atoms with E-state index in [4.69, 9.17) is 23.8 Å². The molecule has 148 valence electrons. The highest BCUT2D eigenvalue weighted by atomic mass is 35.5. The summed E-state index contributed by atoms with van der Waals surface area (Å²) >= 11 is 11.2. The van der Waals surface area contributed by atoms with Gasteiger partial charge in [0, 0.05) is 23.0 Å². The van der Waals surface area contributed by atoms with Gasteiger partial charge in [0.05, 0.1) is 5.69 Å². The summed E-state index contributed by atoms with van der Waals surface area (Å²) in [4.78, 5) is 31.2. The zero-order valence-electron chi connectivity index (χ0n) is 15.9. The van der Waals surface area contributed by atoms with E-state index in [1.807, 2.05) is 37.3 Å². The number of carbonyl (C=O) groups excluding carboxylic acids is 2. The van der Waals surface area contributed by atoms with E-state index >= 15 is 0 Å². The van der Waals surface area contributed by atoms with Gasteiger partial charge in [0.15, 0.2) is 5.11 Å². The highest BCUT2D eigenvalue weighted by Crippen LogP contribution is 2.28. The Kier molecular flexibility index (Phi) is 5.44. The highest BCUT2D eigenvalue weighted by Gasteiger charge is 2.34. The van der Waals surface area contributed by atoms with E-state index in [0.29, 0.717) is 16.3 Å². The third-order valence-electron chi connectivity index (χ3n) is 4.70. The van der Waals surface area contributed by atoms with Crippen molar-refractivity contribution in [3.8, 4) is 11.1 Å². The number of hydrogen-bond donors (Lipinski definition) is 1. The monoisotopic (exact) mass is 433 g/mol. The van der Waals surface area contributed by atoms with E-state index in [-0.39, 0.29) is 10.7 Å². The lowest BCUT2D eigenvalue weighted by Crippen LogP contribution is -2.54. The molecule has 30 heavy (non-hydrogen) atoms. The fourth-order valence-corrected chi connectivity index (χ4v) is 3.56. The van der Waals surface area contributed by atoms with E-state index < -0.39 is 11.8 Å². The van der Waals surface area contributed by atoms with Gasteiger partial charge in [0.25, 0.3) is 11.8 Å². The molecule has 7 heteroatoms. The molecule has 0 atom stereocenters. The highest BCUT2D eigenvalue weighted by molar-refractivity contribution is 7.80. The van der Waals surface area contributed by atoms with Gasteiger partial charge in [-0.15, -0.1) is 0 Å². The molecule has 1 aliphatic rings. The lowest BCUT2D eigenvalue weighted by atomic mass is 9.98. The summed E-state index contributed by atoms with van der Waals surface area (Å²) in [5.41, 5.74) is 4.11. The van der Waals surface area contributed by atoms with E-state index in [9.17, 15) is 9.59 Å². The molecule has 0 bridgehead atoms. The summed E-state index contributed by atoms with van der Waals surface area (Å²) in [5.74, 6) is -1.06. The van der Waals surface area contributed by atoms with Crippen molar-refractivity contribution < 1.29 is 9.59 Å². The SMILES string of the molecule is Cc1ccc(-c2ccncc2/C=C2/C(=O)NC(=S)N(c3ccc(Cl)cc3)C2=O)cc1. The van der Waals surface area contributed by atoms with Gasteiger partial charge in [-0.25, -0.2) is 0 Å². The van der Waals surface area contributed by atoms with E-state index in [1.165, 1.54) is 4.90 Å². The van der Waals surface area contributed by atoms with Gasteiger partial charge in [0.1, 0.15) is 5.57 Å². The smallest absolute Gasteiger partial charge is 0.270 e. The molecule has 5 nitrogen and oxygen atoms in total. The van der Waals surface area contributed by atoms with Crippen LogP contribution >= 0.6 is 23.8 Å².